The van der Waals surface area contributed by atoms with E-state index in [4.69, 9.17) is 10.5 Å². The Hall–Kier alpha value is -4.09. The number of nitrogens with two attached hydrogens (primary N) is 1. The van der Waals surface area contributed by atoms with Crippen LogP contribution in [0.5, 0.6) is 11.5 Å². The van der Waals surface area contributed by atoms with E-state index < -0.39 is 5.82 Å². The van der Waals surface area contributed by atoms with Crippen molar-refractivity contribution in [2.24, 2.45) is 0 Å². The number of hydrogen-bond donors (Lipinski definition) is 2. The number of rotatable bonds is 5. The van der Waals surface area contributed by atoms with Crippen LogP contribution >= 0.6 is 0 Å². The van der Waals surface area contributed by atoms with Crippen molar-refractivity contribution in [3.05, 3.63) is 70.9 Å². The number of nitrogen functional groups attached to an aromatic ring is 1. The molecule has 0 bridgehead atoms. The Bertz CT molecular complexity index is 1460. The number of nitrogens with one attached hydrogen (secondary N) is 1. The third-order valence-corrected chi connectivity index (χ3v) is 6.13. The van der Waals surface area contributed by atoms with Gasteiger partial charge in [0.05, 0.1) is 11.9 Å². The largest absolute Gasteiger partial charge is 0.454 e. The number of anilines is 1. The smallest absolute Gasteiger partial charge is 0.288 e. The molecule has 1 aliphatic rings. The number of nitrogens with zero attached hydrogens (tertiary/aromatic N) is 3. The minimum atomic E-state index is -0.428. The van der Waals surface area contributed by atoms with Gasteiger partial charge in [-0.25, -0.2) is 9.49 Å². The van der Waals surface area contributed by atoms with Crippen molar-refractivity contribution in [3.8, 4) is 34.5 Å². The maximum Gasteiger partial charge on any atom is 0.288 e. The molecule has 5 rings (SSSR count). The molecule has 34 heavy (non-hydrogen) atoms. The lowest BCUT2D eigenvalue weighted by Crippen LogP contribution is -2.23. The van der Waals surface area contributed by atoms with Crippen molar-refractivity contribution in [3.63, 3.8) is 0 Å². The molecule has 4 aromatic rings. The monoisotopic (exact) mass is 457 g/mol. The molecule has 0 aliphatic carbocycles. The number of halogens is 1. The normalized spacial score (nSPS) is 15.9. The highest BCUT2D eigenvalue weighted by Gasteiger charge is 2.27. The number of fused-ring (bicyclic) bond motifs is 1. The quantitative estimate of drug-likeness (QED) is 0.439. The maximum absolute atomic E-state index is 13.9. The van der Waals surface area contributed by atoms with Gasteiger partial charge in [0.15, 0.2) is 17.4 Å². The van der Waals surface area contributed by atoms with E-state index in [1.54, 1.807) is 30.3 Å². The van der Waals surface area contributed by atoms with Gasteiger partial charge < -0.3 is 15.0 Å². The van der Waals surface area contributed by atoms with Crippen LogP contribution in [0.3, 0.4) is 0 Å². The summed E-state index contributed by atoms with van der Waals surface area (Å²) in [6, 6.07) is 13.7. The van der Waals surface area contributed by atoms with Crippen molar-refractivity contribution in [2.75, 3.05) is 25.4 Å². The number of benzene rings is 2. The molecule has 1 atom stereocenters. The SMILES string of the molecule is CC#CCN1CC[C@@H](n2cc(-c3ccc(Oc4ccccc4F)cc3)c3c(N)n[nH]c(=O)c32)C1. The molecule has 0 spiro atoms. The molecule has 3 N–H and O–H groups in total. The highest BCUT2D eigenvalue weighted by Crippen LogP contribution is 2.36. The Kier molecular flexibility index (Phi) is 5.78. The summed E-state index contributed by atoms with van der Waals surface area (Å²) < 4.78 is 21.6. The van der Waals surface area contributed by atoms with Crippen LogP contribution < -0.4 is 16.0 Å². The van der Waals surface area contributed by atoms with Gasteiger partial charge in [-0.2, -0.15) is 5.10 Å². The van der Waals surface area contributed by atoms with E-state index in [0.717, 1.165) is 30.6 Å². The second-order valence-electron chi connectivity index (χ2n) is 8.27. The van der Waals surface area contributed by atoms with Gasteiger partial charge in [0.2, 0.25) is 0 Å². The van der Waals surface area contributed by atoms with Crippen LogP contribution in [0.15, 0.2) is 59.5 Å². The first kappa shape index (κ1) is 21.7. The number of H-pyrrole nitrogens is 1. The molecule has 1 saturated heterocycles. The first-order chi connectivity index (χ1) is 16.5. The second-order valence-corrected chi connectivity index (χ2v) is 8.27. The molecule has 0 saturated carbocycles. The Morgan fingerprint density at radius 1 is 1.24 bits per heavy atom. The molecule has 0 unspecified atom stereocenters. The molecule has 1 aliphatic heterocycles. The van der Waals surface area contributed by atoms with Crippen LogP contribution in [-0.2, 0) is 0 Å². The maximum atomic E-state index is 13.9. The molecule has 2 aromatic carbocycles. The Balaban J connectivity index is 1.51. The summed E-state index contributed by atoms with van der Waals surface area (Å²) >= 11 is 0. The summed E-state index contributed by atoms with van der Waals surface area (Å²) in [5, 5.41) is 7.14. The summed E-state index contributed by atoms with van der Waals surface area (Å²) in [5.74, 6) is 6.55. The number of ether oxygens (including phenoxy) is 1. The lowest BCUT2D eigenvalue weighted by atomic mass is 10.1. The third kappa shape index (κ3) is 4.02. The summed E-state index contributed by atoms with van der Waals surface area (Å²) in [6.07, 6.45) is 2.88. The molecule has 1 fully saturated rings. The average Bonchev–Trinajstić information content (AvgIpc) is 3.48. The van der Waals surface area contributed by atoms with Gasteiger partial charge in [0, 0.05) is 30.9 Å². The summed E-state index contributed by atoms with van der Waals surface area (Å²) in [6.45, 7) is 4.26. The molecule has 7 nitrogen and oxygen atoms in total. The van der Waals surface area contributed by atoms with Crippen LogP contribution in [0.2, 0.25) is 0 Å². The fourth-order valence-electron chi connectivity index (χ4n) is 4.47. The molecule has 0 radical (unpaired) electrons. The average molecular weight is 458 g/mol. The standard InChI is InChI=1S/C26H24FN5O2/c1-2-3-13-31-14-12-18(15-31)32-16-20(23-24(32)26(33)30-29-25(23)28)17-8-10-19(11-9-17)34-22-7-5-4-6-21(22)27/h4-11,16,18H,12-15H2,1H3,(H2,28,29)(H,30,33)/t18-/m1/s1. The molecule has 3 heterocycles. The van der Waals surface area contributed by atoms with Gasteiger partial charge in [-0.3, -0.25) is 9.69 Å². The van der Waals surface area contributed by atoms with E-state index in [2.05, 4.69) is 26.9 Å². The number of aromatic nitrogens is 3. The first-order valence-corrected chi connectivity index (χ1v) is 11.1. The van der Waals surface area contributed by atoms with Gasteiger partial charge >= 0.3 is 0 Å². The molecule has 2 aromatic heterocycles. The van der Waals surface area contributed by atoms with Crippen LogP contribution in [0.4, 0.5) is 10.2 Å². The van der Waals surface area contributed by atoms with Gasteiger partial charge in [0.1, 0.15) is 11.3 Å². The predicted octanol–water partition coefficient (Wildman–Crippen LogP) is 4.18. The van der Waals surface area contributed by atoms with Gasteiger partial charge in [-0.15, -0.1) is 5.92 Å². The van der Waals surface area contributed by atoms with Crippen LogP contribution in [0.25, 0.3) is 22.0 Å². The van der Waals surface area contributed by atoms with Crippen LogP contribution in [0, 0.1) is 17.7 Å². The van der Waals surface area contributed by atoms with Crippen molar-refractivity contribution in [1.82, 2.24) is 19.7 Å². The van der Waals surface area contributed by atoms with E-state index >= 15 is 0 Å². The minimum absolute atomic E-state index is 0.126. The number of para-hydroxylation sites is 1. The predicted molar refractivity (Wildman–Crippen MR) is 130 cm³/mol. The topological polar surface area (TPSA) is 89.2 Å². The summed E-state index contributed by atoms with van der Waals surface area (Å²) in [7, 11) is 0. The Morgan fingerprint density at radius 2 is 2.03 bits per heavy atom. The van der Waals surface area contributed by atoms with E-state index in [0.29, 0.717) is 23.2 Å². The van der Waals surface area contributed by atoms with E-state index in [1.807, 2.05) is 29.8 Å². The van der Waals surface area contributed by atoms with Crippen LogP contribution in [-0.4, -0.2) is 39.3 Å². The van der Waals surface area contributed by atoms with Gasteiger partial charge in [0.25, 0.3) is 5.56 Å². The minimum Gasteiger partial charge on any atom is -0.454 e. The van der Waals surface area contributed by atoms with E-state index in [-0.39, 0.29) is 23.2 Å². The molecule has 8 heteroatoms. The first-order valence-electron chi connectivity index (χ1n) is 11.1. The van der Waals surface area contributed by atoms with Gasteiger partial charge in [-0.05, 0) is 43.2 Å². The summed E-state index contributed by atoms with van der Waals surface area (Å²) in [4.78, 5) is 15.1. The van der Waals surface area contributed by atoms with Crippen molar-refractivity contribution < 1.29 is 9.13 Å². The summed E-state index contributed by atoms with van der Waals surface area (Å²) in [5.41, 5.74) is 8.14. The van der Waals surface area contributed by atoms with Crippen molar-refractivity contribution >= 4 is 16.7 Å². The lowest BCUT2D eigenvalue weighted by molar-refractivity contribution is 0.364. The lowest BCUT2D eigenvalue weighted by Gasteiger charge is -2.15. The molecular formula is C26H24FN5O2. The fraction of sp³-hybridized carbons (Fsp3) is 0.231. The van der Waals surface area contributed by atoms with Crippen LogP contribution in [0.1, 0.15) is 19.4 Å². The number of hydrogen-bond acceptors (Lipinski definition) is 5. The highest BCUT2D eigenvalue weighted by molar-refractivity contribution is 6.02. The fourth-order valence-corrected chi connectivity index (χ4v) is 4.47. The number of likely N-dealkylation sites (tertiary alicyclic amines) is 1. The highest BCUT2D eigenvalue weighted by atomic mass is 19.1. The van der Waals surface area contributed by atoms with Gasteiger partial charge in [-0.1, -0.05) is 30.2 Å². The zero-order valence-corrected chi connectivity index (χ0v) is 18.7. The Morgan fingerprint density at radius 3 is 2.79 bits per heavy atom. The zero-order valence-electron chi connectivity index (χ0n) is 18.7. The number of aromatic amines is 1. The third-order valence-electron chi connectivity index (χ3n) is 6.13. The zero-order chi connectivity index (χ0) is 23.7. The van der Waals surface area contributed by atoms with E-state index in [1.165, 1.54) is 6.07 Å². The molecule has 0 amide bonds. The Labute approximate surface area is 196 Å². The molecule has 172 valence electrons. The second kappa shape index (κ2) is 9.04. The van der Waals surface area contributed by atoms with Crippen molar-refractivity contribution in [1.29, 1.82) is 0 Å². The van der Waals surface area contributed by atoms with E-state index in [9.17, 15) is 9.18 Å². The van der Waals surface area contributed by atoms with Crippen molar-refractivity contribution in [2.45, 2.75) is 19.4 Å². The molecular weight excluding hydrogens is 433 g/mol.